The molecule has 119 heavy (non-hydrogen) atoms. The molecule has 37 heteroatoms. The second-order valence-corrected chi connectivity index (χ2v) is 30.7. The number of nitrogens with one attached hydrogen (secondary N) is 3. The predicted octanol–water partition coefficient (Wildman–Crippen LogP) is 22.8. The van der Waals surface area contributed by atoms with Crippen molar-refractivity contribution in [3.05, 3.63) is 314 Å². The van der Waals surface area contributed by atoms with Crippen LogP contribution in [0, 0.1) is 85.0 Å². The summed E-state index contributed by atoms with van der Waals surface area (Å²) in [4.78, 5) is 52.1. The summed E-state index contributed by atoms with van der Waals surface area (Å²) in [6, 6.07) is 49.2. The second kappa shape index (κ2) is 37.5. The molecule has 3 amide bonds. The first-order chi connectivity index (χ1) is 57.2. The number of halogens is 10. The van der Waals surface area contributed by atoms with Gasteiger partial charge in [-0.3, -0.25) is 30.3 Å². The Morgan fingerprint density at radius 2 is 0.731 bits per heavy atom. The molecule has 0 saturated carbocycles. The number of benzene rings is 9. The summed E-state index contributed by atoms with van der Waals surface area (Å²) < 4.78 is 94.4. The summed E-state index contributed by atoms with van der Waals surface area (Å²) in [5.74, 6) is -3.43. The summed E-state index contributed by atoms with van der Waals surface area (Å²) in [7, 11) is 0. The van der Waals surface area contributed by atoms with Gasteiger partial charge in [-0.15, -0.1) is 30.6 Å². The number of carbonyl (C=O) groups excluding carboxylic acids is 3. The number of aryl methyl sites for hydroxylation is 4. The number of thiazole rings is 3. The van der Waals surface area contributed by atoms with E-state index in [0.717, 1.165) is 16.9 Å². The molecule has 0 fully saturated rings. The molecule has 0 spiro atoms. The Bertz CT molecular complexity index is 6550. The quantitative estimate of drug-likeness (QED) is 0.0563. The number of ether oxygens (including phenoxy) is 3. The van der Waals surface area contributed by atoms with Crippen LogP contribution < -0.4 is 30.2 Å². The Balaban J connectivity index is 0.000000155. The molecule has 0 atom stereocenters. The van der Waals surface area contributed by atoms with E-state index in [1.165, 1.54) is 132 Å². The zero-order chi connectivity index (χ0) is 84.3. The second-order valence-electron chi connectivity index (χ2n) is 25.1. The third kappa shape index (κ3) is 20.7. The van der Waals surface area contributed by atoms with Crippen molar-refractivity contribution in [2.75, 3.05) is 16.0 Å². The topological polar surface area (TPSA) is 342 Å². The molecular weight excluding hydrogens is 1720 g/mol. The van der Waals surface area contributed by atoms with Gasteiger partial charge in [0.2, 0.25) is 17.7 Å². The zero-order valence-electron chi connectivity index (χ0n) is 61.3. The minimum atomic E-state index is -0.752. The molecule has 6 heterocycles. The van der Waals surface area contributed by atoms with E-state index in [1.807, 2.05) is 43.3 Å². The highest BCUT2D eigenvalue weighted by atomic mass is 35.5. The van der Waals surface area contributed by atoms with Crippen molar-refractivity contribution < 1.29 is 59.4 Å². The minimum absolute atomic E-state index is 0.0104. The van der Waals surface area contributed by atoms with Crippen molar-refractivity contribution in [1.29, 1.82) is 15.8 Å². The molecule has 0 aliphatic heterocycles. The summed E-state index contributed by atoms with van der Waals surface area (Å²) in [5, 5.41) is 61.7. The average Bonchev–Trinajstić information content (AvgIpc) is 1.72. The third-order valence-corrected chi connectivity index (χ3v) is 21.3. The molecule has 0 radical (unpaired) electrons. The third-order valence-electron chi connectivity index (χ3n) is 16.6. The van der Waals surface area contributed by atoms with Crippen molar-refractivity contribution in [3.8, 4) is 85.0 Å². The largest absolute Gasteiger partial charge is 0.453 e. The predicted molar refractivity (Wildman–Crippen MR) is 440 cm³/mol. The van der Waals surface area contributed by atoms with Gasteiger partial charge in [0.1, 0.15) is 37.7 Å². The molecule has 9 aromatic carbocycles. The van der Waals surface area contributed by atoms with Gasteiger partial charge in [0.05, 0.1) is 91.9 Å². The number of anilines is 3. The van der Waals surface area contributed by atoms with E-state index < -0.39 is 29.2 Å². The Hall–Kier alpha value is -13.0. The van der Waals surface area contributed by atoms with Crippen LogP contribution in [0.3, 0.4) is 0 Å². The van der Waals surface area contributed by atoms with Gasteiger partial charge in [-0.05, 0) is 137 Å². The molecule has 0 bridgehead atoms. The smallest absolute Gasteiger partial charge is 0.260 e. The van der Waals surface area contributed by atoms with Crippen LogP contribution in [0.15, 0.2) is 183 Å². The lowest BCUT2D eigenvalue weighted by Crippen LogP contribution is -2.13. The average molecular weight is 1770 g/mol. The van der Waals surface area contributed by atoms with E-state index in [2.05, 4.69) is 61.5 Å². The van der Waals surface area contributed by atoms with Crippen LogP contribution in [0.2, 0.25) is 30.1 Å². The van der Waals surface area contributed by atoms with Gasteiger partial charge >= 0.3 is 0 Å². The van der Waals surface area contributed by atoms with E-state index >= 15 is 13.2 Å². The molecule has 3 N–H and O–H groups in total. The minimum Gasteiger partial charge on any atom is -0.453 e. The van der Waals surface area contributed by atoms with Crippen LogP contribution in [0.1, 0.15) is 105 Å². The molecule has 15 rings (SSSR count). The number of aromatic nitrogens is 9. The summed E-state index contributed by atoms with van der Waals surface area (Å²) in [6.07, 6.45) is -0.166. The lowest BCUT2D eigenvalue weighted by atomic mass is 10.1. The van der Waals surface area contributed by atoms with E-state index in [9.17, 15) is 18.8 Å². The number of hydrogen-bond acceptors (Lipinski definition) is 24. The van der Waals surface area contributed by atoms with Crippen molar-refractivity contribution >= 4 is 137 Å². The van der Waals surface area contributed by atoms with E-state index in [-0.39, 0.29) is 175 Å². The number of rotatable bonds is 21. The number of amides is 3. The maximum Gasteiger partial charge on any atom is 0.260 e. The Kier molecular flexibility index (Phi) is 26.5. The van der Waals surface area contributed by atoms with Gasteiger partial charge in [-0.1, -0.05) is 170 Å². The molecule has 15 aromatic rings. The van der Waals surface area contributed by atoms with Gasteiger partial charge in [0, 0.05) is 42.9 Å². The van der Waals surface area contributed by atoms with Crippen molar-refractivity contribution in [3.63, 3.8) is 0 Å². The summed E-state index contributed by atoms with van der Waals surface area (Å²) >= 11 is 40.1. The van der Waals surface area contributed by atoms with E-state index in [1.54, 1.807) is 63.2 Å². The summed E-state index contributed by atoms with van der Waals surface area (Å²) in [5.41, 5.74) is 4.92. The van der Waals surface area contributed by atoms with E-state index in [0.29, 0.717) is 53.1 Å². The van der Waals surface area contributed by atoms with Gasteiger partial charge in [0.25, 0.3) is 35.4 Å². The normalized spacial score (nSPS) is 10.8. The summed E-state index contributed by atoms with van der Waals surface area (Å²) in [6.45, 7) is 7.14. The molecule has 0 aliphatic rings. The Labute approximate surface area is 713 Å². The molecule has 0 unspecified atom stereocenters. The fourth-order valence-electron chi connectivity index (χ4n) is 10.9. The van der Waals surface area contributed by atoms with Crippen molar-refractivity contribution in [2.24, 2.45) is 0 Å². The first kappa shape index (κ1) is 84.0. The highest BCUT2D eigenvalue weighted by Gasteiger charge is 2.27. The lowest BCUT2D eigenvalue weighted by molar-refractivity contribution is 0.101. The van der Waals surface area contributed by atoms with Crippen molar-refractivity contribution in [1.82, 2.24) is 45.5 Å². The fourth-order valence-corrected chi connectivity index (χ4v) is 14.8. The Morgan fingerprint density at radius 3 is 1.08 bits per heavy atom. The molecule has 24 nitrogen and oxygen atoms in total. The van der Waals surface area contributed by atoms with Crippen LogP contribution in [-0.2, 0) is 19.3 Å². The molecule has 0 saturated heterocycles. The Morgan fingerprint density at radius 1 is 0.403 bits per heavy atom. The molecule has 6 aromatic heterocycles. The molecule has 0 aliphatic carbocycles. The lowest BCUT2D eigenvalue weighted by Gasteiger charge is -2.11. The van der Waals surface area contributed by atoms with Crippen LogP contribution in [0.5, 0.6) is 34.5 Å². The van der Waals surface area contributed by atoms with Gasteiger partial charge in [0.15, 0.2) is 50.1 Å². The number of nitrogens with zero attached hydrogens (tertiary/aromatic N) is 12. The number of nitriles is 3. The zero-order valence-corrected chi connectivity index (χ0v) is 68.3. The fraction of sp³-hybridized carbons (Fsp3) is 0.0854. The number of hydrogen-bond donors (Lipinski definition) is 3. The van der Waals surface area contributed by atoms with Crippen LogP contribution in [-0.4, -0.2) is 63.3 Å². The maximum atomic E-state index is 15.4. The standard InChI is InChI=1S/C28H18Cl2FN5O3S.C27H15Cl2F2N5O3S.C27H16Cl2FN5O3S/c1-14-3-5-17(6-4-14)26(37)34-28-33-15(2)25(40-28)27-36-35-22(39-27)11-18-7-8-21(30)24(23(18)31)38-20-10-16(13-32)9-19(29)12-20;1-13-24(40-27(33-13)34-25(37)18-4-2-3-5-20(18)30)26-36-35-21(39-26)10-15-6-7-19(29)23(22(15)31)38-17-9-14(12-32)8-16(28)11-17;1-14-24(39-27(32-14)33-25(36)16-5-3-2-4-6-16)26-35-34-21(38-26)11-17-7-8-20(29)23(22(17)30)37-19-10-15(13-31)9-18(28)12-19/h3-10,12H,11H2,1-2H3,(H,33,34,37);2-9,11H,10H2,1H3,(H,33,34,37);2-10,12H,11H2,1H3,(H,32,33,36). The highest BCUT2D eigenvalue weighted by molar-refractivity contribution is 7.19. The monoisotopic (exact) mass is 1770 g/mol. The molecular formula is C82H49Cl6F4N15O9S3. The van der Waals surface area contributed by atoms with Gasteiger partial charge in [-0.2, -0.15) is 15.8 Å². The highest BCUT2D eigenvalue weighted by Crippen LogP contribution is 2.42. The SMILES string of the molecule is Cc1ccc(C(=O)Nc2nc(C)c(-c3nnc(Cc4ccc(Cl)c(Oc5cc(Cl)cc(C#N)c5)c4F)o3)s2)cc1.Cc1nc(NC(=O)c2ccccc2)sc1-c1nnc(Cc2ccc(Cl)c(Oc3cc(Cl)cc(C#N)c3)c2F)o1.Cc1nc(NC(=O)c2ccccc2F)sc1-c1nnc(Cc2ccc(Cl)c(Oc3cc(Cl)cc(C#N)c3)c2F)o1. The van der Waals surface area contributed by atoms with Crippen LogP contribution in [0.4, 0.5) is 33.0 Å². The van der Waals surface area contributed by atoms with Crippen molar-refractivity contribution in [2.45, 2.75) is 47.0 Å². The number of carbonyl (C=O) groups is 3. The first-order valence-electron chi connectivity index (χ1n) is 34.5. The van der Waals surface area contributed by atoms with Crippen LogP contribution in [0.25, 0.3) is 32.3 Å². The van der Waals surface area contributed by atoms with Gasteiger partial charge < -0.3 is 27.5 Å². The maximum absolute atomic E-state index is 15.4. The van der Waals surface area contributed by atoms with Gasteiger partial charge in [-0.25, -0.2) is 32.5 Å². The first-order valence-corrected chi connectivity index (χ1v) is 39.2. The van der Waals surface area contributed by atoms with E-state index in [4.69, 9.17) is 113 Å². The van der Waals surface area contributed by atoms with Crippen LogP contribution >= 0.6 is 104 Å². The molecule has 594 valence electrons.